The van der Waals surface area contributed by atoms with Gasteiger partial charge in [0.25, 0.3) is 0 Å². The van der Waals surface area contributed by atoms with Gasteiger partial charge in [-0.3, -0.25) is 4.79 Å². The fourth-order valence-electron chi connectivity index (χ4n) is 4.30. The number of carbonyl (C=O) groups excluding carboxylic acids is 1. The van der Waals surface area contributed by atoms with Crippen molar-refractivity contribution in [1.29, 1.82) is 0 Å². The lowest BCUT2D eigenvalue weighted by atomic mass is 10.0. The van der Waals surface area contributed by atoms with E-state index in [1.165, 1.54) is 18.2 Å². The van der Waals surface area contributed by atoms with Crippen molar-refractivity contribution in [3.05, 3.63) is 53.1 Å². The van der Waals surface area contributed by atoms with Gasteiger partial charge >= 0.3 is 0 Å². The molecule has 0 saturated carbocycles. The molecule has 6 nitrogen and oxygen atoms in total. The first-order valence-electron chi connectivity index (χ1n) is 9.36. The van der Waals surface area contributed by atoms with Gasteiger partial charge in [-0.2, -0.15) is 0 Å². The van der Waals surface area contributed by atoms with Crippen molar-refractivity contribution < 1.29 is 22.0 Å². The Labute approximate surface area is 168 Å². The number of aryl methyl sites for hydroxylation is 1. The fourth-order valence-corrected chi connectivity index (χ4v) is 4.86. The summed E-state index contributed by atoms with van der Waals surface area (Å²) >= 11 is 0. The number of hydrogen-bond acceptors (Lipinski definition) is 4. The summed E-state index contributed by atoms with van der Waals surface area (Å²) in [6.07, 6.45) is 1.77. The maximum Gasteiger partial charge on any atom is 0.246 e. The third-order valence-electron chi connectivity index (χ3n) is 5.49. The van der Waals surface area contributed by atoms with E-state index in [1.54, 1.807) is 15.9 Å². The van der Waals surface area contributed by atoms with E-state index in [0.29, 0.717) is 37.1 Å². The van der Waals surface area contributed by atoms with E-state index in [4.69, 9.17) is 5.14 Å². The number of amides is 1. The second-order valence-corrected chi connectivity index (χ2v) is 9.13. The molecule has 1 amide bonds. The molecule has 0 aliphatic carbocycles. The number of rotatable bonds is 3. The van der Waals surface area contributed by atoms with Crippen LogP contribution in [0.15, 0.2) is 35.2 Å². The first-order chi connectivity index (χ1) is 13.6. The number of sulfonamides is 1. The predicted octanol–water partition coefficient (Wildman–Crippen LogP) is 2.34. The molecule has 154 valence electrons. The van der Waals surface area contributed by atoms with Crippen molar-refractivity contribution in [1.82, 2.24) is 0 Å². The van der Waals surface area contributed by atoms with E-state index in [1.807, 2.05) is 6.92 Å². The summed E-state index contributed by atoms with van der Waals surface area (Å²) in [5.74, 6) is -1.52. The summed E-state index contributed by atoms with van der Waals surface area (Å²) in [5, 5.41) is 5.20. The number of halogens is 2. The smallest absolute Gasteiger partial charge is 0.246 e. The van der Waals surface area contributed by atoms with Gasteiger partial charge in [0.1, 0.15) is 11.6 Å². The molecule has 0 radical (unpaired) electrons. The van der Waals surface area contributed by atoms with E-state index < -0.39 is 21.7 Å². The van der Waals surface area contributed by atoms with Gasteiger partial charge in [-0.25, -0.2) is 22.3 Å². The summed E-state index contributed by atoms with van der Waals surface area (Å²) in [6.45, 7) is 2.33. The van der Waals surface area contributed by atoms with Gasteiger partial charge in [0.2, 0.25) is 15.9 Å². The monoisotopic (exact) mass is 421 g/mol. The minimum Gasteiger partial charge on any atom is -0.360 e. The summed E-state index contributed by atoms with van der Waals surface area (Å²) in [4.78, 5) is 16.4. The summed E-state index contributed by atoms with van der Waals surface area (Å²) in [7, 11) is -3.83. The van der Waals surface area contributed by atoms with Crippen molar-refractivity contribution in [2.24, 2.45) is 5.14 Å². The largest absolute Gasteiger partial charge is 0.360 e. The van der Waals surface area contributed by atoms with Crippen molar-refractivity contribution in [2.75, 3.05) is 22.9 Å². The number of nitrogens with zero attached hydrogens (tertiary/aromatic N) is 2. The first-order valence-corrected chi connectivity index (χ1v) is 10.9. The normalized spacial score (nSPS) is 18.6. The third kappa shape index (κ3) is 3.60. The highest BCUT2D eigenvalue weighted by molar-refractivity contribution is 7.89. The maximum absolute atomic E-state index is 14.4. The van der Waals surface area contributed by atoms with E-state index in [0.717, 1.165) is 11.6 Å². The van der Waals surface area contributed by atoms with E-state index in [2.05, 4.69) is 0 Å². The average Bonchev–Trinajstić information content (AvgIpc) is 2.95. The topological polar surface area (TPSA) is 83.7 Å². The summed E-state index contributed by atoms with van der Waals surface area (Å²) in [6, 6.07) is 6.44. The number of nitrogens with two attached hydrogens (primary N) is 1. The Bertz CT molecular complexity index is 1100. The molecule has 9 heteroatoms. The van der Waals surface area contributed by atoms with Gasteiger partial charge in [-0.15, -0.1) is 0 Å². The summed E-state index contributed by atoms with van der Waals surface area (Å²) < 4.78 is 51.1. The zero-order valence-corrected chi connectivity index (χ0v) is 16.7. The first kappa shape index (κ1) is 19.8. The van der Waals surface area contributed by atoms with E-state index in [-0.39, 0.29) is 29.1 Å². The number of hydrogen-bond donors (Lipinski definition) is 1. The minimum atomic E-state index is -3.83. The average molecular weight is 421 g/mol. The van der Waals surface area contributed by atoms with Crippen molar-refractivity contribution in [3.63, 3.8) is 0 Å². The Kier molecular flexibility index (Phi) is 4.82. The molecular weight excluding hydrogens is 400 g/mol. The number of carbonyl (C=O) groups is 1. The van der Waals surface area contributed by atoms with Crippen LogP contribution in [0.2, 0.25) is 0 Å². The van der Waals surface area contributed by atoms with Gasteiger partial charge in [-0.05, 0) is 61.6 Å². The SMILES string of the molecule is CC1Cc2cc(S(N)(=O)=O)ccc2N1C(=O)CN1CCCc2cc(F)cc(F)c21. The summed E-state index contributed by atoms with van der Waals surface area (Å²) in [5.41, 5.74) is 2.20. The Morgan fingerprint density at radius 2 is 1.97 bits per heavy atom. The molecule has 2 aromatic carbocycles. The zero-order chi connectivity index (χ0) is 20.9. The van der Waals surface area contributed by atoms with Crippen molar-refractivity contribution >= 4 is 27.3 Å². The van der Waals surface area contributed by atoms with Crippen molar-refractivity contribution in [3.8, 4) is 0 Å². The van der Waals surface area contributed by atoms with Crippen LogP contribution in [0.5, 0.6) is 0 Å². The highest BCUT2D eigenvalue weighted by atomic mass is 32.2. The third-order valence-corrected chi connectivity index (χ3v) is 6.40. The molecule has 2 N–H and O–H groups in total. The van der Waals surface area contributed by atoms with Gasteiger partial charge in [0.05, 0.1) is 17.1 Å². The predicted molar refractivity (Wildman–Crippen MR) is 105 cm³/mol. The molecule has 0 aromatic heterocycles. The zero-order valence-electron chi connectivity index (χ0n) is 15.9. The van der Waals surface area contributed by atoms with Crippen LogP contribution >= 0.6 is 0 Å². The van der Waals surface area contributed by atoms with Crippen LogP contribution < -0.4 is 14.9 Å². The van der Waals surface area contributed by atoms with Gasteiger partial charge in [0.15, 0.2) is 0 Å². The van der Waals surface area contributed by atoms with Crippen LogP contribution in [-0.4, -0.2) is 33.5 Å². The van der Waals surface area contributed by atoms with Gasteiger partial charge < -0.3 is 9.80 Å². The molecule has 29 heavy (non-hydrogen) atoms. The highest BCUT2D eigenvalue weighted by Crippen LogP contribution is 2.35. The Morgan fingerprint density at radius 1 is 1.21 bits per heavy atom. The molecule has 4 rings (SSSR count). The minimum absolute atomic E-state index is 0.00630. The van der Waals surface area contributed by atoms with Crippen LogP contribution in [0.25, 0.3) is 0 Å². The second kappa shape index (κ2) is 7.07. The maximum atomic E-state index is 14.4. The highest BCUT2D eigenvalue weighted by Gasteiger charge is 2.33. The van der Waals surface area contributed by atoms with Gasteiger partial charge in [0, 0.05) is 24.3 Å². The lowest BCUT2D eigenvalue weighted by molar-refractivity contribution is -0.117. The number of anilines is 2. The molecule has 2 heterocycles. The molecule has 1 unspecified atom stereocenters. The van der Waals surface area contributed by atoms with Crippen LogP contribution in [-0.2, 0) is 27.7 Å². The van der Waals surface area contributed by atoms with E-state index in [9.17, 15) is 22.0 Å². The van der Waals surface area contributed by atoms with Crippen LogP contribution in [0, 0.1) is 11.6 Å². The van der Waals surface area contributed by atoms with Crippen LogP contribution in [0.1, 0.15) is 24.5 Å². The van der Waals surface area contributed by atoms with Crippen LogP contribution in [0.3, 0.4) is 0 Å². The molecule has 2 aromatic rings. The molecule has 0 bridgehead atoms. The molecule has 0 fully saturated rings. The molecule has 0 spiro atoms. The Morgan fingerprint density at radius 3 is 2.69 bits per heavy atom. The number of fused-ring (bicyclic) bond motifs is 2. The van der Waals surface area contributed by atoms with Crippen LogP contribution in [0.4, 0.5) is 20.2 Å². The standard InChI is InChI=1S/C20H21F2N3O3S/c1-12-7-14-9-16(29(23,27)28)4-5-18(14)25(12)19(26)11-24-6-2-3-13-8-15(21)10-17(22)20(13)24/h4-5,8-10,12H,2-3,6-7,11H2,1H3,(H2,23,27,28). The number of benzene rings is 2. The lowest BCUT2D eigenvalue weighted by Crippen LogP contribution is -2.45. The van der Waals surface area contributed by atoms with Gasteiger partial charge in [-0.1, -0.05) is 0 Å². The fraction of sp³-hybridized carbons (Fsp3) is 0.350. The molecular formula is C20H21F2N3O3S. The molecule has 2 aliphatic heterocycles. The second-order valence-electron chi connectivity index (χ2n) is 7.57. The van der Waals surface area contributed by atoms with Crippen molar-refractivity contribution in [2.45, 2.75) is 37.1 Å². The number of primary sulfonamides is 1. The molecule has 2 aliphatic rings. The lowest BCUT2D eigenvalue weighted by Gasteiger charge is -2.33. The quantitative estimate of drug-likeness (QED) is 0.825. The Balaban J connectivity index is 1.62. The molecule has 0 saturated heterocycles. The van der Waals surface area contributed by atoms with E-state index >= 15 is 0 Å². The molecule has 1 atom stereocenters. The Hall–Kier alpha value is -2.52.